The number of carbonyl (C=O) groups is 1. The molecule has 4 rings (SSSR count). The molecule has 1 N–H and O–H groups in total. The van der Waals surface area contributed by atoms with Gasteiger partial charge in [-0.2, -0.15) is 5.26 Å². The standard InChI is InChI=1S/C22H31NO2/c1-13(24)17-4-5-18-16-10-14(12-23)20-11-15(25)6-8-22(20,3)19(16)7-9-21(17,18)2/h15-19,25H,4-11H2,1-3H3/t15-,16?,17+,18?,19?,21+,22+/m0/s1. The predicted molar refractivity (Wildman–Crippen MR) is 96.4 cm³/mol. The van der Waals surface area contributed by atoms with Gasteiger partial charge in [0.25, 0.3) is 0 Å². The molecule has 0 amide bonds. The van der Waals surface area contributed by atoms with Crippen LogP contribution in [-0.2, 0) is 4.79 Å². The van der Waals surface area contributed by atoms with Crippen LogP contribution < -0.4 is 0 Å². The van der Waals surface area contributed by atoms with Gasteiger partial charge in [0.1, 0.15) is 5.78 Å². The molecule has 0 heterocycles. The van der Waals surface area contributed by atoms with Gasteiger partial charge in [-0.05, 0) is 92.4 Å². The van der Waals surface area contributed by atoms with Crippen molar-refractivity contribution in [1.82, 2.24) is 0 Å². The summed E-state index contributed by atoms with van der Waals surface area (Å²) in [5.74, 6) is 2.32. The minimum Gasteiger partial charge on any atom is -0.393 e. The molecule has 25 heavy (non-hydrogen) atoms. The first-order valence-corrected chi connectivity index (χ1v) is 10.1. The van der Waals surface area contributed by atoms with Gasteiger partial charge in [0.2, 0.25) is 0 Å². The predicted octanol–water partition coefficient (Wildman–Crippen LogP) is 4.41. The van der Waals surface area contributed by atoms with Gasteiger partial charge in [0.15, 0.2) is 0 Å². The summed E-state index contributed by atoms with van der Waals surface area (Å²) in [6.45, 7) is 6.49. The zero-order valence-electron chi connectivity index (χ0n) is 15.8. The molecule has 3 saturated carbocycles. The number of Topliss-reactive ketones (excluding diaryl/α,β-unsaturated/α-hetero) is 1. The molecule has 7 atom stereocenters. The number of hydrogen-bond donors (Lipinski definition) is 1. The average molecular weight is 341 g/mol. The number of allylic oxidation sites excluding steroid dienone is 1. The molecule has 0 aliphatic heterocycles. The Morgan fingerprint density at radius 2 is 1.88 bits per heavy atom. The number of nitriles is 1. The van der Waals surface area contributed by atoms with Crippen molar-refractivity contribution < 1.29 is 9.90 Å². The van der Waals surface area contributed by atoms with E-state index in [9.17, 15) is 15.2 Å². The number of rotatable bonds is 1. The lowest BCUT2D eigenvalue weighted by Gasteiger charge is -2.58. The van der Waals surface area contributed by atoms with Gasteiger partial charge >= 0.3 is 0 Å². The molecule has 0 aromatic rings. The number of aliphatic hydroxyl groups excluding tert-OH is 1. The van der Waals surface area contributed by atoms with Crippen molar-refractivity contribution in [2.75, 3.05) is 0 Å². The van der Waals surface area contributed by atoms with Crippen LogP contribution in [-0.4, -0.2) is 17.0 Å². The highest BCUT2D eigenvalue weighted by molar-refractivity contribution is 5.79. The Morgan fingerprint density at radius 1 is 1.12 bits per heavy atom. The molecule has 0 bridgehead atoms. The Bertz CT molecular complexity index is 674. The third-order valence-corrected chi connectivity index (χ3v) is 8.81. The molecule has 3 heteroatoms. The third-order valence-electron chi connectivity index (χ3n) is 8.81. The second-order valence-electron chi connectivity index (χ2n) is 9.75. The maximum Gasteiger partial charge on any atom is 0.133 e. The molecular formula is C22H31NO2. The summed E-state index contributed by atoms with van der Waals surface area (Å²) in [4.78, 5) is 12.2. The molecule has 0 saturated heterocycles. The summed E-state index contributed by atoms with van der Waals surface area (Å²) in [6, 6.07) is 2.51. The summed E-state index contributed by atoms with van der Waals surface area (Å²) >= 11 is 0. The van der Waals surface area contributed by atoms with E-state index in [1.165, 1.54) is 12.0 Å². The lowest BCUT2D eigenvalue weighted by atomic mass is 9.46. The van der Waals surface area contributed by atoms with Gasteiger partial charge < -0.3 is 5.11 Å². The van der Waals surface area contributed by atoms with Crippen LogP contribution in [0.1, 0.15) is 72.1 Å². The fourth-order valence-electron chi connectivity index (χ4n) is 7.57. The lowest BCUT2D eigenvalue weighted by Crippen LogP contribution is -2.51. The summed E-state index contributed by atoms with van der Waals surface area (Å²) in [6.07, 6.45) is 7.68. The zero-order valence-corrected chi connectivity index (χ0v) is 15.8. The second-order valence-corrected chi connectivity index (χ2v) is 9.75. The quantitative estimate of drug-likeness (QED) is 0.768. The van der Waals surface area contributed by atoms with Crippen LogP contribution >= 0.6 is 0 Å². The highest BCUT2D eigenvalue weighted by Gasteiger charge is 2.60. The Hall–Kier alpha value is -1.14. The average Bonchev–Trinajstić information content (AvgIpc) is 2.92. The van der Waals surface area contributed by atoms with E-state index in [0.29, 0.717) is 30.0 Å². The fourth-order valence-corrected chi connectivity index (χ4v) is 7.57. The van der Waals surface area contributed by atoms with Crippen LogP contribution in [0.3, 0.4) is 0 Å². The van der Waals surface area contributed by atoms with Crippen molar-refractivity contribution in [2.45, 2.75) is 78.2 Å². The summed E-state index contributed by atoms with van der Waals surface area (Å²) < 4.78 is 0. The van der Waals surface area contributed by atoms with E-state index in [0.717, 1.165) is 44.1 Å². The molecule has 3 nitrogen and oxygen atoms in total. The van der Waals surface area contributed by atoms with Crippen molar-refractivity contribution in [1.29, 1.82) is 5.26 Å². The van der Waals surface area contributed by atoms with Crippen LogP contribution in [0.4, 0.5) is 0 Å². The van der Waals surface area contributed by atoms with Crippen molar-refractivity contribution in [3.05, 3.63) is 11.1 Å². The number of aliphatic hydroxyl groups is 1. The normalized spacial score (nSPS) is 49.0. The van der Waals surface area contributed by atoms with Crippen LogP contribution in [0.2, 0.25) is 0 Å². The van der Waals surface area contributed by atoms with Crippen molar-refractivity contribution in [2.24, 2.45) is 34.5 Å². The first kappa shape index (κ1) is 17.3. The van der Waals surface area contributed by atoms with Crippen molar-refractivity contribution >= 4 is 5.78 Å². The molecule has 3 unspecified atom stereocenters. The lowest BCUT2D eigenvalue weighted by molar-refractivity contribution is -0.127. The van der Waals surface area contributed by atoms with E-state index in [2.05, 4.69) is 19.9 Å². The molecular weight excluding hydrogens is 310 g/mol. The van der Waals surface area contributed by atoms with Gasteiger partial charge in [-0.15, -0.1) is 0 Å². The van der Waals surface area contributed by atoms with Crippen LogP contribution in [0, 0.1) is 45.8 Å². The van der Waals surface area contributed by atoms with Crippen molar-refractivity contribution in [3.8, 4) is 6.07 Å². The molecule has 136 valence electrons. The van der Waals surface area contributed by atoms with Gasteiger partial charge in [-0.3, -0.25) is 4.79 Å². The number of ketones is 1. The fraction of sp³-hybridized carbons (Fsp3) is 0.818. The molecule has 0 spiro atoms. The van der Waals surface area contributed by atoms with Crippen LogP contribution in [0.25, 0.3) is 0 Å². The van der Waals surface area contributed by atoms with E-state index in [1.807, 2.05) is 0 Å². The molecule has 4 aliphatic rings. The monoisotopic (exact) mass is 341 g/mol. The van der Waals surface area contributed by atoms with E-state index in [4.69, 9.17) is 0 Å². The minimum absolute atomic E-state index is 0.0862. The summed E-state index contributed by atoms with van der Waals surface area (Å²) in [5, 5.41) is 20.0. The number of nitrogens with zero attached hydrogens (tertiary/aromatic N) is 1. The summed E-state index contributed by atoms with van der Waals surface area (Å²) in [5.41, 5.74) is 2.44. The molecule has 3 fully saturated rings. The van der Waals surface area contributed by atoms with Crippen molar-refractivity contribution in [3.63, 3.8) is 0 Å². The number of carbonyl (C=O) groups excluding carboxylic acids is 1. The molecule has 0 aromatic carbocycles. The van der Waals surface area contributed by atoms with Crippen LogP contribution in [0.5, 0.6) is 0 Å². The Morgan fingerprint density at radius 3 is 2.56 bits per heavy atom. The highest BCUT2D eigenvalue weighted by Crippen LogP contribution is 2.67. The topological polar surface area (TPSA) is 61.1 Å². The summed E-state index contributed by atoms with van der Waals surface area (Å²) in [7, 11) is 0. The SMILES string of the molecule is CC(=O)[C@H]1CCC2C3CC(C#N)=C4C[C@@H](O)CC[C@]4(C)C3CC[C@@]21C. The highest BCUT2D eigenvalue weighted by atomic mass is 16.3. The van der Waals surface area contributed by atoms with Crippen LogP contribution in [0.15, 0.2) is 11.1 Å². The van der Waals surface area contributed by atoms with Gasteiger partial charge in [-0.1, -0.05) is 13.8 Å². The van der Waals surface area contributed by atoms with Gasteiger partial charge in [0, 0.05) is 11.5 Å². The first-order valence-electron chi connectivity index (χ1n) is 10.1. The molecule has 0 radical (unpaired) electrons. The second kappa shape index (κ2) is 5.68. The van der Waals surface area contributed by atoms with Gasteiger partial charge in [-0.25, -0.2) is 0 Å². The maximum atomic E-state index is 12.2. The minimum atomic E-state index is -0.273. The van der Waals surface area contributed by atoms with Gasteiger partial charge in [0.05, 0.1) is 12.2 Å². The smallest absolute Gasteiger partial charge is 0.133 e. The Kier molecular flexibility index (Phi) is 3.93. The van der Waals surface area contributed by atoms with E-state index >= 15 is 0 Å². The Labute approximate surface area is 151 Å². The first-order chi connectivity index (χ1) is 11.8. The number of hydrogen-bond acceptors (Lipinski definition) is 3. The number of fused-ring (bicyclic) bond motifs is 5. The van der Waals surface area contributed by atoms with E-state index < -0.39 is 0 Å². The Balaban J connectivity index is 1.74. The van der Waals surface area contributed by atoms with E-state index in [-0.39, 0.29) is 22.9 Å². The molecule has 4 aliphatic carbocycles. The molecule has 0 aromatic heterocycles. The van der Waals surface area contributed by atoms with E-state index in [1.54, 1.807) is 6.92 Å². The third kappa shape index (κ3) is 2.29. The maximum absolute atomic E-state index is 12.2. The zero-order chi connectivity index (χ0) is 18.0. The largest absolute Gasteiger partial charge is 0.393 e.